The van der Waals surface area contributed by atoms with Crippen LogP contribution in [0.3, 0.4) is 0 Å². The van der Waals surface area contributed by atoms with Crippen LogP contribution in [0.25, 0.3) is 16.4 Å². The summed E-state index contributed by atoms with van der Waals surface area (Å²) in [5.74, 6) is -0.215. The largest absolute Gasteiger partial charge is 0.408 e. The summed E-state index contributed by atoms with van der Waals surface area (Å²) in [5, 5.41) is 1.13. The highest BCUT2D eigenvalue weighted by Crippen LogP contribution is 2.36. The summed E-state index contributed by atoms with van der Waals surface area (Å²) in [7, 11) is 0. The minimum atomic E-state index is -0.521. The molecule has 0 aliphatic heterocycles. The lowest BCUT2D eigenvalue weighted by molar-refractivity contribution is -0.137. The van der Waals surface area contributed by atoms with Gasteiger partial charge in [-0.2, -0.15) is 0 Å². The molecule has 2 aromatic heterocycles. The zero-order valence-electron chi connectivity index (χ0n) is 14.7. The van der Waals surface area contributed by atoms with E-state index in [1.54, 1.807) is 0 Å². The molecule has 0 amide bonds. The van der Waals surface area contributed by atoms with E-state index in [-0.39, 0.29) is 12.2 Å². The number of benzene rings is 1. The van der Waals surface area contributed by atoms with E-state index in [1.165, 1.54) is 18.1 Å². The summed E-state index contributed by atoms with van der Waals surface area (Å²) in [6.45, 7) is 9.57. The number of carbonyl (C=O) groups is 2. The molecular formula is C20H21NO3. The SMILES string of the molecule is CC(=O)CC(=O)Oc1c(C)c(C)c2c(C)c(C)c3ccccc3n12. The van der Waals surface area contributed by atoms with Gasteiger partial charge in [0, 0.05) is 10.9 Å². The highest BCUT2D eigenvalue weighted by Gasteiger charge is 2.21. The number of esters is 1. The van der Waals surface area contributed by atoms with Crippen molar-refractivity contribution in [2.24, 2.45) is 0 Å². The molecule has 1 aromatic carbocycles. The molecule has 0 saturated carbocycles. The van der Waals surface area contributed by atoms with Crippen LogP contribution >= 0.6 is 0 Å². The van der Waals surface area contributed by atoms with Gasteiger partial charge in [-0.05, 0) is 57.4 Å². The van der Waals surface area contributed by atoms with Gasteiger partial charge < -0.3 is 4.74 Å². The van der Waals surface area contributed by atoms with Crippen molar-refractivity contribution in [2.75, 3.05) is 0 Å². The van der Waals surface area contributed by atoms with Crippen molar-refractivity contribution in [3.8, 4) is 5.88 Å². The molecule has 0 unspecified atom stereocenters. The lowest BCUT2D eigenvalue weighted by Crippen LogP contribution is -2.13. The van der Waals surface area contributed by atoms with Gasteiger partial charge in [0.1, 0.15) is 12.2 Å². The van der Waals surface area contributed by atoms with Crippen LogP contribution in [0.5, 0.6) is 5.88 Å². The Morgan fingerprint density at radius 3 is 2.25 bits per heavy atom. The predicted molar refractivity (Wildman–Crippen MR) is 94.8 cm³/mol. The molecule has 124 valence electrons. The molecule has 24 heavy (non-hydrogen) atoms. The Morgan fingerprint density at radius 2 is 1.58 bits per heavy atom. The van der Waals surface area contributed by atoms with Crippen LogP contribution in [-0.4, -0.2) is 16.2 Å². The van der Waals surface area contributed by atoms with Gasteiger partial charge in [-0.15, -0.1) is 0 Å². The lowest BCUT2D eigenvalue weighted by atomic mass is 10.0. The molecule has 0 saturated heterocycles. The molecule has 0 aliphatic rings. The average molecular weight is 323 g/mol. The van der Waals surface area contributed by atoms with Crippen molar-refractivity contribution in [3.63, 3.8) is 0 Å². The second kappa shape index (κ2) is 5.78. The number of hydrogen-bond acceptors (Lipinski definition) is 3. The number of nitrogens with zero attached hydrogens (tertiary/aromatic N) is 1. The van der Waals surface area contributed by atoms with E-state index in [0.29, 0.717) is 5.88 Å². The van der Waals surface area contributed by atoms with E-state index in [1.807, 2.05) is 36.4 Å². The summed E-state index contributed by atoms with van der Waals surface area (Å²) >= 11 is 0. The fraction of sp³-hybridized carbons (Fsp3) is 0.300. The van der Waals surface area contributed by atoms with Crippen LogP contribution in [0, 0.1) is 27.7 Å². The number of aromatic nitrogens is 1. The topological polar surface area (TPSA) is 47.8 Å². The maximum atomic E-state index is 12.1. The third-order valence-electron chi connectivity index (χ3n) is 4.74. The Morgan fingerprint density at radius 1 is 0.958 bits per heavy atom. The van der Waals surface area contributed by atoms with Gasteiger partial charge >= 0.3 is 5.97 Å². The van der Waals surface area contributed by atoms with Crippen LogP contribution in [-0.2, 0) is 9.59 Å². The second-order valence-corrected chi connectivity index (χ2v) is 6.36. The van der Waals surface area contributed by atoms with Crippen LogP contribution in [0.4, 0.5) is 0 Å². The average Bonchev–Trinajstić information content (AvgIpc) is 2.77. The van der Waals surface area contributed by atoms with E-state index in [2.05, 4.69) is 19.9 Å². The number of ether oxygens (including phenoxy) is 1. The summed E-state index contributed by atoms with van der Waals surface area (Å²) in [5.41, 5.74) is 6.47. The predicted octanol–water partition coefficient (Wildman–Crippen LogP) is 4.21. The van der Waals surface area contributed by atoms with Gasteiger partial charge in [-0.25, -0.2) is 0 Å². The first kappa shape index (κ1) is 16.2. The van der Waals surface area contributed by atoms with E-state index in [4.69, 9.17) is 4.74 Å². The molecular weight excluding hydrogens is 302 g/mol. The Hall–Kier alpha value is -2.62. The maximum Gasteiger partial charge on any atom is 0.319 e. The molecule has 2 heterocycles. The first-order chi connectivity index (χ1) is 11.3. The third-order valence-corrected chi connectivity index (χ3v) is 4.74. The molecule has 0 radical (unpaired) electrons. The van der Waals surface area contributed by atoms with Crippen LogP contribution < -0.4 is 4.74 Å². The third kappa shape index (κ3) is 2.39. The number of hydrogen-bond donors (Lipinski definition) is 0. The van der Waals surface area contributed by atoms with Crippen LogP contribution in [0.2, 0.25) is 0 Å². The lowest BCUT2D eigenvalue weighted by Gasteiger charge is -2.13. The van der Waals surface area contributed by atoms with E-state index < -0.39 is 5.97 Å². The Bertz CT molecular complexity index is 995. The summed E-state index contributed by atoms with van der Waals surface area (Å²) in [6, 6.07) is 8.08. The second-order valence-electron chi connectivity index (χ2n) is 6.36. The molecule has 0 bridgehead atoms. The van der Waals surface area contributed by atoms with Crippen molar-refractivity contribution in [1.82, 2.24) is 4.40 Å². The summed E-state index contributed by atoms with van der Waals surface area (Å²) in [6.07, 6.45) is -0.214. The molecule has 3 rings (SSSR count). The Labute approximate surface area is 141 Å². The maximum absolute atomic E-state index is 12.1. The molecule has 0 spiro atoms. The normalized spacial score (nSPS) is 11.2. The first-order valence-corrected chi connectivity index (χ1v) is 8.02. The molecule has 0 atom stereocenters. The Balaban J connectivity index is 2.36. The summed E-state index contributed by atoms with van der Waals surface area (Å²) < 4.78 is 7.60. The molecule has 0 N–H and O–H groups in total. The highest BCUT2D eigenvalue weighted by molar-refractivity contribution is 5.96. The van der Waals surface area contributed by atoms with Gasteiger partial charge in [0.25, 0.3) is 0 Å². The van der Waals surface area contributed by atoms with Crippen molar-refractivity contribution >= 4 is 28.2 Å². The van der Waals surface area contributed by atoms with E-state index in [0.717, 1.165) is 27.5 Å². The van der Waals surface area contributed by atoms with Gasteiger partial charge in [0.15, 0.2) is 0 Å². The number of aryl methyl sites for hydroxylation is 3. The molecule has 0 aliphatic carbocycles. The quantitative estimate of drug-likeness (QED) is 0.536. The number of rotatable bonds is 3. The number of fused-ring (bicyclic) bond motifs is 3. The van der Waals surface area contributed by atoms with Gasteiger partial charge in [0.2, 0.25) is 5.88 Å². The number of pyridine rings is 1. The van der Waals surface area contributed by atoms with Crippen molar-refractivity contribution < 1.29 is 14.3 Å². The van der Waals surface area contributed by atoms with E-state index in [9.17, 15) is 9.59 Å². The molecule has 3 aromatic rings. The first-order valence-electron chi connectivity index (χ1n) is 8.02. The minimum absolute atomic E-state index is 0.202. The molecule has 4 heteroatoms. The van der Waals surface area contributed by atoms with Crippen molar-refractivity contribution in [2.45, 2.75) is 41.0 Å². The standard InChI is InChI=1S/C20H21NO3/c1-11(22)10-18(23)24-20-15(5)14(4)19-13(3)12(2)16-8-6-7-9-17(16)21(19)20/h6-9H,10H2,1-5H3. The fourth-order valence-corrected chi connectivity index (χ4v) is 3.29. The Kier molecular flexibility index (Phi) is 3.91. The number of carbonyl (C=O) groups excluding carboxylic acids is 2. The summed E-state index contributed by atoms with van der Waals surface area (Å²) in [4.78, 5) is 23.3. The van der Waals surface area contributed by atoms with Crippen LogP contribution in [0.1, 0.15) is 35.6 Å². The molecule has 4 nitrogen and oxygen atoms in total. The number of Topliss-reactive ketones (excluding diaryl/α,β-unsaturated/α-hetero) is 1. The van der Waals surface area contributed by atoms with Gasteiger partial charge in [0.05, 0.1) is 11.0 Å². The zero-order valence-corrected chi connectivity index (χ0v) is 14.7. The zero-order chi connectivity index (χ0) is 17.6. The van der Waals surface area contributed by atoms with E-state index >= 15 is 0 Å². The van der Waals surface area contributed by atoms with Crippen LogP contribution in [0.15, 0.2) is 24.3 Å². The van der Waals surface area contributed by atoms with Crippen molar-refractivity contribution in [1.29, 1.82) is 0 Å². The van der Waals surface area contributed by atoms with Gasteiger partial charge in [-0.1, -0.05) is 18.2 Å². The monoisotopic (exact) mass is 323 g/mol. The highest BCUT2D eigenvalue weighted by atomic mass is 16.5. The molecule has 0 fully saturated rings. The fourth-order valence-electron chi connectivity index (χ4n) is 3.29. The van der Waals surface area contributed by atoms with Crippen molar-refractivity contribution in [3.05, 3.63) is 46.5 Å². The number of para-hydroxylation sites is 1. The number of ketones is 1. The smallest absolute Gasteiger partial charge is 0.319 e. The minimum Gasteiger partial charge on any atom is -0.408 e. The van der Waals surface area contributed by atoms with Gasteiger partial charge in [-0.3, -0.25) is 14.0 Å².